The Bertz CT molecular complexity index is 857. The van der Waals surface area contributed by atoms with Gasteiger partial charge in [-0.1, -0.05) is 6.07 Å². The Kier molecular flexibility index (Phi) is 6.08. The van der Waals surface area contributed by atoms with E-state index in [0.29, 0.717) is 17.8 Å². The lowest BCUT2D eigenvalue weighted by Gasteiger charge is -2.21. The second-order valence-electron chi connectivity index (χ2n) is 6.10. The van der Waals surface area contributed by atoms with Crippen LogP contribution in [0.4, 0.5) is 5.69 Å². The fourth-order valence-corrected chi connectivity index (χ4v) is 3.46. The molecule has 0 fully saturated rings. The molecular formula is C19H20N4O3S. The fraction of sp³-hybridized carbons (Fsp3) is 0.263. The summed E-state index contributed by atoms with van der Waals surface area (Å²) in [6.45, 7) is 2.47. The van der Waals surface area contributed by atoms with Gasteiger partial charge in [0.2, 0.25) is 11.8 Å². The first-order valence-corrected chi connectivity index (χ1v) is 9.46. The van der Waals surface area contributed by atoms with Crippen LogP contribution < -0.4 is 16.0 Å². The number of pyridine rings is 1. The quantitative estimate of drug-likeness (QED) is 0.707. The summed E-state index contributed by atoms with van der Waals surface area (Å²) in [5.41, 5.74) is 2.00. The van der Waals surface area contributed by atoms with Gasteiger partial charge in [-0.05, 0) is 36.8 Å². The summed E-state index contributed by atoms with van der Waals surface area (Å²) in [6.07, 6.45) is 3.54. The van der Waals surface area contributed by atoms with Crippen LogP contribution in [0.5, 0.6) is 0 Å². The van der Waals surface area contributed by atoms with E-state index >= 15 is 0 Å². The molecule has 7 nitrogen and oxygen atoms in total. The number of anilines is 1. The molecule has 2 heterocycles. The molecule has 1 aliphatic rings. The summed E-state index contributed by atoms with van der Waals surface area (Å²) in [6, 6.07) is 8.88. The van der Waals surface area contributed by atoms with Crippen molar-refractivity contribution >= 4 is 35.2 Å². The van der Waals surface area contributed by atoms with E-state index in [1.807, 2.05) is 25.1 Å². The van der Waals surface area contributed by atoms with Gasteiger partial charge in [0.25, 0.3) is 5.91 Å². The Morgan fingerprint density at radius 1 is 1.26 bits per heavy atom. The number of hydrogen-bond donors (Lipinski definition) is 3. The van der Waals surface area contributed by atoms with Gasteiger partial charge in [0.05, 0.1) is 10.9 Å². The molecule has 8 heteroatoms. The highest BCUT2D eigenvalue weighted by molar-refractivity contribution is 8.00. The number of nitrogens with zero attached hydrogens (tertiary/aromatic N) is 1. The highest BCUT2D eigenvalue weighted by atomic mass is 32.2. The molecule has 1 unspecified atom stereocenters. The second-order valence-corrected chi connectivity index (χ2v) is 7.49. The third-order valence-corrected chi connectivity index (χ3v) is 5.20. The lowest BCUT2D eigenvalue weighted by atomic mass is 10.1. The molecule has 2 aromatic rings. The largest absolute Gasteiger partial charge is 0.352 e. The normalized spacial score (nSPS) is 15.4. The van der Waals surface area contributed by atoms with E-state index in [9.17, 15) is 14.4 Å². The van der Waals surface area contributed by atoms with E-state index in [1.165, 1.54) is 11.8 Å². The van der Waals surface area contributed by atoms with Crippen LogP contribution in [0.3, 0.4) is 0 Å². The number of carbonyl (C=O) groups is 3. The van der Waals surface area contributed by atoms with E-state index in [4.69, 9.17) is 0 Å². The van der Waals surface area contributed by atoms with Crippen LogP contribution in [0.2, 0.25) is 0 Å². The molecule has 27 heavy (non-hydrogen) atoms. The van der Waals surface area contributed by atoms with Gasteiger partial charge in [0.15, 0.2) is 0 Å². The minimum absolute atomic E-state index is 0.0738. The number of hydrogen-bond acceptors (Lipinski definition) is 5. The molecule has 0 bridgehead atoms. The average Bonchev–Trinajstić information content (AvgIpc) is 2.67. The molecule has 0 radical (unpaired) electrons. The van der Waals surface area contributed by atoms with Crippen molar-refractivity contribution in [3.63, 3.8) is 0 Å². The minimum Gasteiger partial charge on any atom is -0.352 e. The van der Waals surface area contributed by atoms with Crippen LogP contribution in [0.15, 0.2) is 47.6 Å². The fourth-order valence-electron chi connectivity index (χ4n) is 2.53. The Hall–Kier alpha value is -2.87. The van der Waals surface area contributed by atoms with Crippen molar-refractivity contribution in [2.24, 2.45) is 0 Å². The molecule has 3 rings (SSSR count). The van der Waals surface area contributed by atoms with Gasteiger partial charge in [-0.15, -0.1) is 11.8 Å². The number of benzene rings is 1. The van der Waals surface area contributed by atoms with Crippen molar-refractivity contribution in [2.75, 3.05) is 11.9 Å². The van der Waals surface area contributed by atoms with Crippen molar-refractivity contribution in [3.8, 4) is 0 Å². The number of nitrogens with one attached hydrogen (secondary N) is 3. The van der Waals surface area contributed by atoms with E-state index < -0.39 is 0 Å². The summed E-state index contributed by atoms with van der Waals surface area (Å²) < 4.78 is 0. The number of carbonyl (C=O) groups excluding carboxylic acids is 3. The molecule has 0 saturated carbocycles. The molecule has 1 aromatic carbocycles. The molecule has 0 spiro atoms. The zero-order valence-electron chi connectivity index (χ0n) is 14.8. The topological polar surface area (TPSA) is 100 Å². The molecule has 1 aliphatic heterocycles. The minimum atomic E-state index is -0.282. The van der Waals surface area contributed by atoms with E-state index in [2.05, 4.69) is 20.9 Å². The van der Waals surface area contributed by atoms with Crippen LogP contribution in [0.25, 0.3) is 0 Å². The first kappa shape index (κ1) is 18.9. The summed E-state index contributed by atoms with van der Waals surface area (Å²) in [4.78, 5) is 40.8. The van der Waals surface area contributed by atoms with Crippen molar-refractivity contribution in [1.82, 2.24) is 15.6 Å². The Labute approximate surface area is 161 Å². The number of rotatable bonds is 6. The molecule has 1 aromatic heterocycles. The van der Waals surface area contributed by atoms with Crippen LogP contribution in [0.1, 0.15) is 29.3 Å². The molecule has 140 valence electrons. The van der Waals surface area contributed by atoms with E-state index in [1.54, 1.807) is 24.5 Å². The number of fused-ring (bicyclic) bond motifs is 1. The van der Waals surface area contributed by atoms with Crippen molar-refractivity contribution in [3.05, 3.63) is 53.9 Å². The third-order valence-electron chi connectivity index (χ3n) is 4.02. The average molecular weight is 384 g/mol. The standard InChI is InChI=1S/C19H20N4O3S/c1-12-18(25)23-15-9-14(4-5-16(15)27-12)19(26)21-8-6-17(24)22-11-13-3-2-7-20-10-13/h2-5,7,9-10,12H,6,8,11H2,1H3,(H,21,26)(H,22,24)(H,23,25). The van der Waals surface area contributed by atoms with Gasteiger partial charge in [0.1, 0.15) is 0 Å². The maximum Gasteiger partial charge on any atom is 0.251 e. The highest BCUT2D eigenvalue weighted by Crippen LogP contribution is 2.35. The lowest BCUT2D eigenvalue weighted by molar-refractivity contribution is -0.121. The molecule has 0 aliphatic carbocycles. The Balaban J connectivity index is 1.46. The molecular weight excluding hydrogens is 364 g/mol. The number of aromatic nitrogens is 1. The summed E-state index contributed by atoms with van der Waals surface area (Å²) in [5.74, 6) is -0.506. The first-order chi connectivity index (χ1) is 13.0. The third kappa shape index (κ3) is 5.07. The van der Waals surface area contributed by atoms with E-state index in [0.717, 1.165) is 10.5 Å². The summed E-state index contributed by atoms with van der Waals surface area (Å²) >= 11 is 1.46. The first-order valence-electron chi connectivity index (χ1n) is 8.58. The van der Waals surface area contributed by atoms with Crippen LogP contribution in [-0.4, -0.2) is 34.5 Å². The van der Waals surface area contributed by atoms with Gasteiger partial charge in [-0.3, -0.25) is 19.4 Å². The molecule has 3 N–H and O–H groups in total. The summed E-state index contributed by atoms with van der Waals surface area (Å²) in [5, 5.41) is 8.16. The molecule has 1 atom stereocenters. The maximum absolute atomic E-state index is 12.3. The number of thioether (sulfide) groups is 1. The maximum atomic E-state index is 12.3. The van der Waals surface area contributed by atoms with Crippen molar-refractivity contribution < 1.29 is 14.4 Å². The van der Waals surface area contributed by atoms with Gasteiger partial charge in [-0.25, -0.2) is 0 Å². The second kappa shape index (κ2) is 8.68. The van der Waals surface area contributed by atoms with Gasteiger partial charge >= 0.3 is 0 Å². The van der Waals surface area contributed by atoms with Crippen molar-refractivity contribution in [2.45, 2.75) is 30.0 Å². The van der Waals surface area contributed by atoms with Gasteiger partial charge in [-0.2, -0.15) is 0 Å². The highest BCUT2D eigenvalue weighted by Gasteiger charge is 2.23. The van der Waals surface area contributed by atoms with Gasteiger partial charge in [0, 0.05) is 42.4 Å². The predicted molar refractivity (Wildman–Crippen MR) is 103 cm³/mol. The zero-order valence-corrected chi connectivity index (χ0v) is 15.6. The lowest BCUT2D eigenvalue weighted by Crippen LogP contribution is -2.31. The predicted octanol–water partition coefficient (Wildman–Crippen LogP) is 1.95. The van der Waals surface area contributed by atoms with Gasteiger partial charge < -0.3 is 16.0 Å². The van der Waals surface area contributed by atoms with Crippen LogP contribution >= 0.6 is 11.8 Å². The zero-order chi connectivity index (χ0) is 19.2. The molecule has 0 saturated heterocycles. The SMILES string of the molecule is CC1Sc2ccc(C(=O)NCCC(=O)NCc3cccnc3)cc2NC1=O. The number of amides is 3. The van der Waals surface area contributed by atoms with Crippen molar-refractivity contribution in [1.29, 1.82) is 0 Å². The smallest absolute Gasteiger partial charge is 0.251 e. The van der Waals surface area contributed by atoms with E-state index in [-0.39, 0.29) is 35.9 Å². The van der Waals surface area contributed by atoms with Crippen LogP contribution in [-0.2, 0) is 16.1 Å². The monoisotopic (exact) mass is 384 g/mol. The Morgan fingerprint density at radius 2 is 2.11 bits per heavy atom. The summed E-state index contributed by atoms with van der Waals surface area (Å²) in [7, 11) is 0. The Morgan fingerprint density at radius 3 is 2.89 bits per heavy atom. The van der Waals surface area contributed by atoms with Crippen LogP contribution in [0, 0.1) is 0 Å². The molecule has 3 amide bonds.